The molecule has 1 aromatic rings. The van der Waals surface area contributed by atoms with Crippen LogP contribution in [0.1, 0.15) is 56.9 Å². The van der Waals surface area contributed by atoms with Crippen molar-refractivity contribution >= 4 is 18.1 Å². The quantitative estimate of drug-likeness (QED) is 0.121. The SMILES string of the molecule is O=C[C@H](Cc1ccccc1)NNC(=O)CCCCCCC(=O)NCCO[C@H]1C[C@@H](O)C[C@@H](CO)O1. The molecule has 0 saturated carbocycles. The second-order valence-electron chi connectivity index (χ2n) is 8.76. The van der Waals surface area contributed by atoms with E-state index in [9.17, 15) is 19.5 Å². The van der Waals surface area contributed by atoms with Gasteiger partial charge in [-0.1, -0.05) is 43.2 Å². The van der Waals surface area contributed by atoms with Gasteiger partial charge in [-0.15, -0.1) is 0 Å². The van der Waals surface area contributed by atoms with Crippen molar-refractivity contribution in [1.82, 2.24) is 16.2 Å². The number of aliphatic hydroxyl groups is 2. The van der Waals surface area contributed by atoms with E-state index in [2.05, 4.69) is 16.2 Å². The van der Waals surface area contributed by atoms with E-state index in [1.54, 1.807) is 0 Å². The summed E-state index contributed by atoms with van der Waals surface area (Å²) in [4.78, 5) is 35.1. The van der Waals surface area contributed by atoms with E-state index in [1.165, 1.54) is 0 Å². The maximum Gasteiger partial charge on any atom is 0.234 e. The Balaban J connectivity index is 1.43. The number of carbonyl (C=O) groups is 3. The van der Waals surface area contributed by atoms with E-state index in [1.807, 2.05) is 30.3 Å². The highest BCUT2D eigenvalue weighted by molar-refractivity contribution is 5.76. The standard InChI is InChI=1S/C25H39N3O7/c29-17-20(14-19-8-4-3-5-9-19)27-28-24(33)11-7-2-1-6-10-23(32)26-12-13-34-25-16-21(31)15-22(18-30)35-25/h3-5,8-9,17,20-22,25,27,30-31H,1-2,6-7,10-16,18H2,(H,26,32)(H,28,33)/t20-,21-,22-,25+/m0/s1. The van der Waals surface area contributed by atoms with Crippen LogP contribution in [0.3, 0.4) is 0 Å². The number of unbranched alkanes of at least 4 members (excludes halogenated alkanes) is 3. The summed E-state index contributed by atoms with van der Waals surface area (Å²) in [7, 11) is 0. The summed E-state index contributed by atoms with van der Waals surface area (Å²) in [5.74, 6) is -0.228. The number of aldehydes is 1. The summed E-state index contributed by atoms with van der Waals surface area (Å²) in [6.45, 7) is 0.448. The number of hydrazine groups is 1. The van der Waals surface area contributed by atoms with Gasteiger partial charge in [0.1, 0.15) is 6.29 Å². The van der Waals surface area contributed by atoms with Crippen LogP contribution in [0, 0.1) is 0 Å². The molecule has 1 aliphatic heterocycles. The van der Waals surface area contributed by atoms with Crippen LogP contribution in [-0.4, -0.2) is 72.6 Å². The predicted octanol–water partition coefficient (Wildman–Crippen LogP) is 0.749. The second kappa shape index (κ2) is 17.1. The Morgan fingerprint density at radius 2 is 1.80 bits per heavy atom. The molecule has 2 amide bonds. The van der Waals surface area contributed by atoms with E-state index in [0.29, 0.717) is 45.1 Å². The molecule has 2 rings (SSSR count). The number of benzene rings is 1. The number of amides is 2. The second-order valence-corrected chi connectivity index (χ2v) is 8.76. The van der Waals surface area contributed by atoms with Crippen LogP contribution in [0.15, 0.2) is 30.3 Å². The van der Waals surface area contributed by atoms with Crippen molar-refractivity contribution in [3.8, 4) is 0 Å². The van der Waals surface area contributed by atoms with Crippen molar-refractivity contribution in [3.05, 3.63) is 35.9 Å². The number of nitrogens with one attached hydrogen (secondary N) is 3. The third-order valence-electron chi connectivity index (χ3n) is 5.69. The molecule has 1 heterocycles. The molecule has 10 nitrogen and oxygen atoms in total. The number of hydrogen-bond acceptors (Lipinski definition) is 8. The molecule has 35 heavy (non-hydrogen) atoms. The lowest BCUT2D eigenvalue weighted by molar-refractivity contribution is -0.220. The molecule has 0 aromatic heterocycles. The monoisotopic (exact) mass is 493 g/mol. The van der Waals surface area contributed by atoms with Crippen molar-refractivity contribution in [2.24, 2.45) is 0 Å². The largest absolute Gasteiger partial charge is 0.394 e. The topological polar surface area (TPSA) is 146 Å². The Hall–Kier alpha value is -2.37. The molecule has 0 radical (unpaired) electrons. The van der Waals surface area contributed by atoms with E-state index >= 15 is 0 Å². The van der Waals surface area contributed by atoms with E-state index in [4.69, 9.17) is 14.6 Å². The minimum atomic E-state index is -0.576. The van der Waals surface area contributed by atoms with Crippen LogP contribution in [-0.2, 0) is 30.3 Å². The summed E-state index contributed by atoms with van der Waals surface area (Å²) >= 11 is 0. The Labute approximate surface area is 206 Å². The third-order valence-corrected chi connectivity index (χ3v) is 5.69. The average molecular weight is 494 g/mol. The van der Waals surface area contributed by atoms with Gasteiger partial charge < -0.3 is 29.8 Å². The molecule has 1 aromatic carbocycles. The summed E-state index contributed by atoms with van der Waals surface area (Å²) in [6.07, 6.45) is 4.33. The molecule has 196 valence electrons. The molecule has 10 heteroatoms. The molecular weight excluding hydrogens is 454 g/mol. The van der Waals surface area contributed by atoms with Crippen molar-refractivity contribution in [2.45, 2.75) is 82.3 Å². The zero-order valence-electron chi connectivity index (χ0n) is 20.2. The van der Waals surface area contributed by atoms with Gasteiger partial charge in [0.25, 0.3) is 0 Å². The van der Waals surface area contributed by atoms with Crippen LogP contribution in [0.5, 0.6) is 0 Å². The lowest BCUT2D eigenvalue weighted by Crippen LogP contribution is -2.46. The zero-order valence-corrected chi connectivity index (χ0v) is 20.2. The molecule has 4 atom stereocenters. The molecule has 1 fully saturated rings. The van der Waals surface area contributed by atoms with Gasteiger partial charge in [-0.05, 0) is 24.8 Å². The average Bonchev–Trinajstić information content (AvgIpc) is 2.86. The fraction of sp³-hybridized carbons (Fsp3) is 0.640. The van der Waals surface area contributed by atoms with Crippen LogP contribution >= 0.6 is 0 Å². The first kappa shape index (κ1) is 28.9. The van der Waals surface area contributed by atoms with Crippen molar-refractivity contribution < 1.29 is 34.1 Å². The summed E-state index contributed by atoms with van der Waals surface area (Å²) < 4.78 is 11.0. The molecule has 0 aliphatic carbocycles. The van der Waals surface area contributed by atoms with Gasteiger partial charge in [0.15, 0.2) is 6.29 Å². The van der Waals surface area contributed by atoms with Crippen LogP contribution in [0.4, 0.5) is 0 Å². The summed E-state index contributed by atoms with van der Waals surface area (Å²) in [5, 5.41) is 21.7. The molecule has 5 N–H and O–H groups in total. The van der Waals surface area contributed by atoms with Crippen molar-refractivity contribution in [2.75, 3.05) is 19.8 Å². The van der Waals surface area contributed by atoms with Crippen molar-refractivity contribution in [1.29, 1.82) is 0 Å². The van der Waals surface area contributed by atoms with Gasteiger partial charge in [0.2, 0.25) is 11.8 Å². The van der Waals surface area contributed by atoms with E-state index in [-0.39, 0.29) is 25.0 Å². The maximum atomic E-state index is 12.0. The highest BCUT2D eigenvalue weighted by Crippen LogP contribution is 2.20. The Morgan fingerprint density at radius 1 is 1.09 bits per heavy atom. The third kappa shape index (κ3) is 12.8. The number of ether oxygens (including phenoxy) is 2. The maximum absolute atomic E-state index is 12.0. The predicted molar refractivity (Wildman–Crippen MR) is 129 cm³/mol. The lowest BCUT2D eigenvalue weighted by Gasteiger charge is -2.32. The smallest absolute Gasteiger partial charge is 0.234 e. The normalized spacial score (nSPS) is 20.7. The first-order chi connectivity index (χ1) is 17.0. The van der Waals surface area contributed by atoms with Crippen LogP contribution in [0.25, 0.3) is 0 Å². The highest BCUT2D eigenvalue weighted by Gasteiger charge is 2.28. The summed E-state index contributed by atoms with van der Waals surface area (Å²) in [5.41, 5.74) is 6.38. The fourth-order valence-electron chi connectivity index (χ4n) is 3.80. The zero-order chi connectivity index (χ0) is 25.3. The number of aliphatic hydroxyl groups excluding tert-OH is 2. The van der Waals surface area contributed by atoms with E-state index in [0.717, 1.165) is 31.1 Å². The van der Waals surface area contributed by atoms with Gasteiger partial charge in [0.05, 0.1) is 31.5 Å². The van der Waals surface area contributed by atoms with Gasteiger partial charge >= 0.3 is 0 Å². The Morgan fingerprint density at radius 3 is 2.49 bits per heavy atom. The fourth-order valence-corrected chi connectivity index (χ4v) is 3.80. The molecule has 0 spiro atoms. The molecule has 1 aliphatic rings. The molecule has 0 unspecified atom stereocenters. The molecule has 1 saturated heterocycles. The van der Waals surface area contributed by atoms with Gasteiger partial charge in [0, 0.05) is 32.2 Å². The van der Waals surface area contributed by atoms with Gasteiger partial charge in [-0.3, -0.25) is 15.0 Å². The Kier molecular flexibility index (Phi) is 14.1. The first-order valence-corrected chi connectivity index (χ1v) is 12.4. The minimum absolute atomic E-state index is 0.0632. The number of hydrogen-bond donors (Lipinski definition) is 5. The van der Waals surface area contributed by atoms with Crippen LogP contribution in [0.2, 0.25) is 0 Å². The molecular formula is C25H39N3O7. The van der Waals surface area contributed by atoms with Crippen LogP contribution < -0.4 is 16.2 Å². The highest BCUT2D eigenvalue weighted by atomic mass is 16.7. The first-order valence-electron chi connectivity index (χ1n) is 12.4. The van der Waals surface area contributed by atoms with Gasteiger partial charge in [-0.25, -0.2) is 5.43 Å². The number of rotatable bonds is 17. The lowest BCUT2D eigenvalue weighted by atomic mass is 10.1. The number of carbonyl (C=O) groups excluding carboxylic acids is 3. The summed E-state index contributed by atoms with van der Waals surface area (Å²) in [6, 6.07) is 9.10. The van der Waals surface area contributed by atoms with Gasteiger partial charge in [-0.2, -0.15) is 0 Å². The Bertz CT molecular complexity index is 750. The van der Waals surface area contributed by atoms with Crippen molar-refractivity contribution in [3.63, 3.8) is 0 Å². The molecule has 0 bridgehead atoms. The van der Waals surface area contributed by atoms with E-state index < -0.39 is 24.5 Å². The minimum Gasteiger partial charge on any atom is -0.394 e.